The fourth-order valence-corrected chi connectivity index (χ4v) is 2.15. The van der Waals surface area contributed by atoms with E-state index in [-0.39, 0.29) is 11.6 Å². The van der Waals surface area contributed by atoms with Gasteiger partial charge in [0.25, 0.3) is 0 Å². The Labute approximate surface area is 119 Å². The van der Waals surface area contributed by atoms with Crippen LogP contribution >= 0.6 is 0 Å². The van der Waals surface area contributed by atoms with Crippen molar-refractivity contribution in [2.45, 2.75) is 19.1 Å². The molecule has 1 aromatic heterocycles. The molecule has 0 unspecified atom stereocenters. The predicted molar refractivity (Wildman–Crippen MR) is 72.3 cm³/mol. The zero-order chi connectivity index (χ0) is 14.8. The minimum atomic E-state index is -1.83. The first-order chi connectivity index (χ1) is 10.1. The van der Waals surface area contributed by atoms with Crippen LogP contribution in [0.3, 0.4) is 0 Å². The molecule has 3 rings (SSSR count). The molecule has 21 heavy (non-hydrogen) atoms. The van der Waals surface area contributed by atoms with E-state index in [9.17, 15) is 4.39 Å². The zero-order valence-corrected chi connectivity index (χ0v) is 10.9. The standard InChI is InChI=1S/C12H12BFN4O3/c14-11-5-8(1-2-10(11)13(19)20)12-6-9(21-16-12)7-18-4-3-15-17-18/h1-5,9,19-20H,6-7H2/t9-/m1/s1. The van der Waals surface area contributed by atoms with Gasteiger partial charge in [-0.2, -0.15) is 0 Å². The largest absolute Gasteiger partial charge is 0.491 e. The first kappa shape index (κ1) is 13.7. The molecule has 2 heterocycles. The number of benzene rings is 1. The van der Waals surface area contributed by atoms with Crippen LogP contribution < -0.4 is 5.46 Å². The SMILES string of the molecule is OB(O)c1ccc(C2=NO[C@@H](Cn3ccnn3)C2)cc1F. The highest BCUT2D eigenvalue weighted by Gasteiger charge is 2.24. The second-order valence-corrected chi connectivity index (χ2v) is 4.70. The number of aromatic nitrogens is 3. The van der Waals surface area contributed by atoms with Gasteiger partial charge in [0, 0.05) is 23.6 Å². The van der Waals surface area contributed by atoms with E-state index in [1.807, 2.05) is 0 Å². The van der Waals surface area contributed by atoms with Crippen LogP contribution in [0.2, 0.25) is 0 Å². The minimum Gasteiger partial charge on any atom is -0.423 e. The molecule has 7 nitrogen and oxygen atoms in total. The average Bonchev–Trinajstić information content (AvgIpc) is 3.10. The van der Waals surface area contributed by atoms with Crippen LogP contribution in [0.5, 0.6) is 0 Å². The van der Waals surface area contributed by atoms with Gasteiger partial charge in [0.05, 0.1) is 18.5 Å². The molecule has 0 saturated heterocycles. The topological polar surface area (TPSA) is 92.8 Å². The quantitative estimate of drug-likeness (QED) is 0.726. The summed E-state index contributed by atoms with van der Waals surface area (Å²) >= 11 is 0. The fraction of sp³-hybridized carbons (Fsp3) is 0.250. The summed E-state index contributed by atoms with van der Waals surface area (Å²) in [4.78, 5) is 5.29. The summed E-state index contributed by atoms with van der Waals surface area (Å²) in [5.74, 6) is -0.690. The van der Waals surface area contributed by atoms with Crippen molar-refractivity contribution in [3.63, 3.8) is 0 Å². The van der Waals surface area contributed by atoms with Crippen molar-refractivity contribution >= 4 is 18.3 Å². The fourth-order valence-electron chi connectivity index (χ4n) is 2.15. The summed E-state index contributed by atoms with van der Waals surface area (Å²) in [6, 6.07) is 4.12. The third-order valence-electron chi connectivity index (χ3n) is 3.21. The van der Waals surface area contributed by atoms with E-state index in [1.54, 1.807) is 23.1 Å². The highest BCUT2D eigenvalue weighted by Crippen LogP contribution is 2.18. The van der Waals surface area contributed by atoms with Crippen molar-refractivity contribution in [2.24, 2.45) is 5.16 Å². The zero-order valence-electron chi connectivity index (χ0n) is 10.9. The molecule has 1 aliphatic heterocycles. The van der Waals surface area contributed by atoms with Crippen LogP contribution in [0.15, 0.2) is 35.7 Å². The van der Waals surface area contributed by atoms with E-state index in [2.05, 4.69) is 15.5 Å². The summed E-state index contributed by atoms with van der Waals surface area (Å²) in [7, 11) is -1.83. The molecule has 0 fully saturated rings. The lowest BCUT2D eigenvalue weighted by molar-refractivity contribution is 0.0693. The molecule has 2 N–H and O–H groups in total. The summed E-state index contributed by atoms with van der Waals surface area (Å²) < 4.78 is 15.4. The van der Waals surface area contributed by atoms with Gasteiger partial charge in [-0.05, 0) is 6.07 Å². The van der Waals surface area contributed by atoms with E-state index in [0.717, 1.165) is 0 Å². The van der Waals surface area contributed by atoms with Crippen LogP contribution in [0.1, 0.15) is 12.0 Å². The molecule has 1 atom stereocenters. The van der Waals surface area contributed by atoms with Crippen molar-refractivity contribution in [3.05, 3.63) is 42.0 Å². The molecule has 1 aromatic carbocycles. The number of oxime groups is 1. The Balaban J connectivity index is 1.70. The summed E-state index contributed by atoms with van der Waals surface area (Å²) in [6.45, 7) is 0.503. The third-order valence-corrected chi connectivity index (χ3v) is 3.21. The summed E-state index contributed by atoms with van der Waals surface area (Å²) in [5.41, 5.74) is 0.994. The van der Waals surface area contributed by atoms with E-state index in [0.29, 0.717) is 24.2 Å². The Kier molecular flexibility index (Phi) is 3.67. The van der Waals surface area contributed by atoms with E-state index >= 15 is 0 Å². The number of hydrogen-bond acceptors (Lipinski definition) is 6. The Morgan fingerprint density at radius 2 is 2.29 bits per heavy atom. The van der Waals surface area contributed by atoms with Gasteiger partial charge in [0.2, 0.25) is 0 Å². The minimum absolute atomic E-state index is 0.169. The molecule has 0 radical (unpaired) electrons. The third kappa shape index (κ3) is 2.93. The second-order valence-electron chi connectivity index (χ2n) is 4.70. The molecule has 0 amide bonds. The number of nitrogens with zero attached hydrogens (tertiary/aromatic N) is 4. The Morgan fingerprint density at radius 1 is 1.43 bits per heavy atom. The van der Waals surface area contributed by atoms with Crippen molar-refractivity contribution in [2.75, 3.05) is 0 Å². The van der Waals surface area contributed by atoms with E-state index < -0.39 is 12.9 Å². The molecule has 9 heteroatoms. The van der Waals surface area contributed by atoms with Gasteiger partial charge in [-0.25, -0.2) is 9.07 Å². The van der Waals surface area contributed by atoms with Gasteiger partial charge in [-0.1, -0.05) is 22.5 Å². The molecule has 108 valence electrons. The molecular weight excluding hydrogens is 278 g/mol. The summed E-state index contributed by atoms with van der Waals surface area (Å²) in [6.07, 6.45) is 3.62. The average molecular weight is 290 g/mol. The van der Waals surface area contributed by atoms with Crippen molar-refractivity contribution < 1.29 is 19.3 Å². The molecule has 0 spiro atoms. The van der Waals surface area contributed by atoms with Crippen LogP contribution in [0.4, 0.5) is 4.39 Å². The van der Waals surface area contributed by atoms with Crippen LogP contribution in [0, 0.1) is 5.82 Å². The van der Waals surface area contributed by atoms with Crippen LogP contribution in [-0.2, 0) is 11.4 Å². The lowest BCUT2D eigenvalue weighted by Crippen LogP contribution is -2.32. The first-order valence-electron chi connectivity index (χ1n) is 6.36. The smallest absolute Gasteiger partial charge is 0.423 e. The second kappa shape index (κ2) is 5.62. The first-order valence-corrected chi connectivity index (χ1v) is 6.36. The van der Waals surface area contributed by atoms with Gasteiger partial charge >= 0.3 is 7.12 Å². The van der Waals surface area contributed by atoms with Gasteiger partial charge in [0.15, 0.2) is 6.10 Å². The predicted octanol–water partition coefficient (Wildman–Crippen LogP) is -0.710. The Bertz CT molecular complexity index is 663. The molecular formula is C12H12BFN4O3. The Hall–Kier alpha value is -2.26. The summed E-state index contributed by atoms with van der Waals surface area (Å²) in [5, 5.41) is 29.5. The number of halogens is 1. The highest BCUT2D eigenvalue weighted by molar-refractivity contribution is 6.58. The maximum absolute atomic E-state index is 13.7. The van der Waals surface area contributed by atoms with Gasteiger partial charge < -0.3 is 14.9 Å². The van der Waals surface area contributed by atoms with Crippen molar-refractivity contribution in [1.82, 2.24) is 15.0 Å². The molecule has 0 saturated carbocycles. The van der Waals surface area contributed by atoms with Gasteiger partial charge in [-0.15, -0.1) is 5.10 Å². The normalized spacial score (nSPS) is 17.5. The van der Waals surface area contributed by atoms with Crippen LogP contribution in [0.25, 0.3) is 0 Å². The van der Waals surface area contributed by atoms with Gasteiger partial charge in [0.1, 0.15) is 5.82 Å². The number of rotatable bonds is 4. The monoisotopic (exact) mass is 290 g/mol. The molecule has 0 aliphatic carbocycles. The number of hydrogen-bond donors (Lipinski definition) is 2. The van der Waals surface area contributed by atoms with Crippen LogP contribution in [-0.4, -0.2) is 44.0 Å². The van der Waals surface area contributed by atoms with Gasteiger partial charge in [-0.3, -0.25) is 0 Å². The maximum atomic E-state index is 13.7. The molecule has 0 bridgehead atoms. The molecule has 2 aromatic rings. The van der Waals surface area contributed by atoms with Crippen molar-refractivity contribution in [3.8, 4) is 0 Å². The lowest BCUT2D eigenvalue weighted by Gasteiger charge is -2.07. The highest BCUT2D eigenvalue weighted by atomic mass is 19.1. The molecule has 1 aliphatic rings. The van der Waals surface area contributed by atoms with E-state index in [1.165, 1.54) is 12.1 Å². The Morgan fingerprint density at radius 3 is 2.95 bits per heavy atom. The van der Waals surface area contributed by atoms with Crippen molar-refractivity contribution in [1.29, 1.82) is 0 Å². The van der Waals surface area contributed by atoms with E-state index in [4.69, 9.17) is 14.9 Å². The maximum Gasteiger partial charge on any atom is 0.491 e. The lowest BCUT2D eigenvalue weighted by atomic mass is 9.79.